The number of carbonyl (C=O) groups is 1. The smallest absolute Gasteiger partial charge is 0.337 e. The molecule has 0 saturated heterocycles. The number of rotatable bonds is 7. The van der Waals surface area contributed by atoms with Crippen LogP contribution >= 0.6 is 0 Å². The van der Waals surface area contributed by atoms with E-state index in [1.165, 1.54) is 7.11 Å². The fraction of sp³-hybridized carbons (Fsp3) is 0.190. The van der Waals surface area contributed by atoms with E-state index in [4.69, 9.17) is 4.74 Å². The molecule has 0 fully saturated rings. The Morgan fingerprint density at radius 3 is 1.88 bits per heavy atom. The van der Waals surface area contributed by atoms with Crippen LogP contribution in [-0.4, -0.2) is 27.9 Å². The highest BCUT2D eigenvalue weighted by Crippen LogP contribution is 2.13. The number of carbonyl (C=O) groups excluding carboxylic acids is 1. The third kappa shape index (κ3) is 4.97. The summed E-state index contributed by atoms with van der Waals surface area (Å²) in [6, 6.07) is 19.3. The van der Waals surface area contributed by atoms with Crippen LogP contribution in [0.5, 0.6) is 0 Å². The van der Waals surface area contributed by atoms with Crippen molar-refractivity contribution in [2.45, 2.75) is 19.6 Å². The van der Waals surface area contributed by atoms with Crippen LogP contribution in [0.25, 0.3) is 0 Å². The van der Waals surface area contributed by atoms with Crippen LogP contribution in [0, 0.1) is 0 Å². The summed E-state index contributed by atoms with van der Waals surface area (Å²) in [7, 11) is 1.39. The maximum atomic E-state index is 11.6. The first-order valence-corrected chi connectivity index (χ1v) is 8.44. The van der Waals surface area contributed by atoms with Gasteiger partial charge in [-0.2, -0.15) is 0 Å². The van der Waals surface area contributed by atoms with E-state index < -0.39 is 0 Å². The predicted molar refractivity (Wildman–Crippen MR) is 99.2 cm³/mol. The van der Waals surface area contributed by atoms with Crippen LogP contribution in [0.3, 0.4) is 0 Å². The summed E-state index contributed by atoms with van der Waals surface area (Å²) >= 11 is 0. The fourth-order valence-corrected chi connectivity index (χ4v) is 2.73. The molecule has 5 heteroatoms. The van der Waals surface area contributed by atoms with Crippen molar-refractivity contribution in [1.82, 2.24) is 14.9 Å². The quantitative estimate of drug-likeness (QED) is 0.613. The van der Waals surface area contributed by atoms with Gasteiger partial charge in [-0.15, -0.1) is 0 Å². The van der Waals surface area contributed by atoms with Crippen LogP contribution < -0.4 is 0 Å². The molecule has 5 nitrogen and oxygen atoms in total. The lowest BCUT2D eigenvalue weighted by molar-refractivity contribution is 0.0600. The molecule has 132 valence electrons. The van der Waals surface area contributed by atoms with Crippen LogP contribution in [0.2, 0.25) is 0 Å². The largest absolute Gasteiger partial charge is 0.465 e. The Balaban J connectivity index is 1.75. The van der Waals surface area contributed by atoms with E-state index in [9.17, 15) is 4.79 Å². The zero-order chi connectivity index (χ0) is 18.2. The molecular weight excluding hydrogens is 326 g/mol. The SMILES string of the molecule is COC(=O)c1ccc(CN(Cc2ccccn2)Cc2ccccn2)cc1. The number of methoxy groups -OCH3 is 1. The Bertz CT molecular complexity index is 779. The lowest BCUT2D eigenvalue weighted by Crippen LogP contribution is -2.23. The standard InChI is InChI=1S/C21H21N3O2/c1-26-21(25)18-10-8-17(9-11-18)14-24(15-19-6-2-4-12-22-19)16-20-7-3-5-13-23-20/h2-13H,14-16H2,1H3. The van der Waals surface area contributed by atoms with Crippen molar-refractivity contribution in [1.29, 1.82) is 0 Å². The summed E-state index contributed by atoms with van der Waals surface area (Å²) in [4.78, 5) is 22.7. The summed E-state index contributed by atoms with van der Waals surface area (Å²) in [5.41, 5.74) is 3.69. The highest BCUT2D eigenvalue weighted by atomic mass is 16.5. The van der Waals surface area contributed by atoms with E-state index >= 15 is 0 Å². The number of ether oxygens (including phenoxy) is 1. The topological polar surface area (TPSA) is 55.3 Å². The van der Waals surface area contributed by atoms with Gasteiger partial charge in [0, 0.05) is 32.0 Å². The third-order valence-corrected chi connectivity index (χ3v) is 4.00. The summed E-state index contributed by atoms with van der Waals surface area (Å²) in [5, 5.41) is 0. The molecule has 0 radical (unpaired) electrons. The Morgan fingerprint density at radius 1 is 0.846 bits per heavy atom. The first-order chi connectivity index (χ1) is 12.7. The molecule has 2 heterocycles. The normalized spacial score (nSPS) is 10.7. The van der Waals surface area contributed by atoms with Crippen LogP contribution in [0.15, 0.2) is 73.1 Å². The monoisotopic (exact) mass is 347 g/mol. The molecule has 1 aromatic carbocycles. The van der Waals surface area contributed by atoms with Crippen molar-refractivity contribution in [2.24, 2.45) is 0 Å². The molecule has 0 amide bonds. The molecule has 0 saturated carbocycles. The molecule has 0 bridgehead atoms. The summed E-state index contributed by atoms with van der Waals surface area (Å²) < 4.78 is 4.75. The fourth-order valence-electron chi connectivity index (χ4n) is 2.73. The zero-order valence-electron chi connectivity index (χ0n) is 14.7. The van der Waals surface area contributed by atoms with Crippen LogP contribution in [0.1, 0.15) is 27.3 Å². The zero-order valence-corrected chi connectivity index (χ0v) is 14.7. The summed E-state index contributed by atoms with van der Waals surface area (Å²) in [6.07, 6.45) is 3.61. The van der Waals surface area contributed by atoms with Gasteiger partial charge in [-0.1, -0.05) is 24.3 Å². The number of nitrogens with zero attached hydrogens (tertiary/aromatic N) is 3. The van der Waals surface area contributed by atoms with Gasteiger partial charge in [0.25, 0.3) is 0 Å². The van der Waals surface area contributed by atoms with Crippen molar-refractivity contribution in [3.05, 3.63) is 95.6 Å². The number of benzene rings is 1. The van der Waals surface area contributed by atoms with Crippen molar-refractivity contribution in [2.75, 3.05) is 7.11 Å². The predicted octanol–water partition coefficient (Wildman–Crippen LogP) is 3.47. The molecule has 0 aliphatic rings. The second-order valence-electron chi connectivity index (χ2n) is 5.98. The molecule has 2 aromatic heterocycles. The molecule has 0 N–H and O–H groups in total. The molecule has 0 spiro atoms. The van der Waals surface area contributed by atoms with Gasteiger partial charge in [0.15, 0.2) is 0 Å². The molecule has 0 aliphatic carbocycles. The van der Waals surface area contributed by atoms with E-state index in [0.29, 0.717) is 5.56 Å². The molecular formula is C21H21N3O2. The van der Waals surface area contributed by atoms with E-state index in [2.05, 4.69) is 14.9 Å². The minimum atomic E-state index is -0.324. The van der Waals surface area contributed by atoms with Crippen LogP contribution in [0.4, 0.5) is 0 Å². The van der Waals surface area contributed by atoms with Crippen LogP contribution in [-0.2, 0) is 24.4 Å². The highest BCUT2D eigenvalue weighted by Gasteiger charge is 2.11. The number of hydrogen-bond acceptors (Lipinski definition) is 5. The minimum Gasteiger partial charge on any atom is -0.465 e. The Hall–Kier alpha value is -3.05. The van der Waals surface area contributed by atoms with Crippen molar-refractivity contribution in [3.8, 4) is 0 Å². The molecule has 26 heavy (non-hydrogen) atoms. The number of esters is 1. The average Bonchev–Trinajstić information content (AvgIpc) is 2.69. The number of hydrogen-bond donors (Lipinski definition) is 0. The van der Waals surface area contributed by atoms with Gasteiger partial charge < -0.3 is 4.74 Å². The summed E-state index contributed by atoms with van der Waals surface area (Å²) in [5.74, 6) is -0.324. The third-order valence-electron chi connectivity index (χ3n) is 4.00. The average molecular weight is 347 g/mol. The molecule has 3 rings (SSSR count). The van der Waals surface area contributed by atoms with Gasteiger partial charge >= 0.3 is 5.97 Å². The summed E-state index contributed by atoms with van der Waals surface area (Å²) in [6.45, 7) is 2.17. The minimum absolute atomic E-state index is 0.324. The van der Waals surface area contributed by atoms with Gasteiger partial charge in [-0.05, 0) is 42.0 Å². The van der Waals surface area contributed by atoms with Gasteiger partial charge in [-0.25, -0.2) is 4.79 Å². The lowest BCUT2D eigenvalue weighted by atomic mass is 10.1. The van der Waals surface area contributed by atoms with Crippen molar-refractivity contribution < 1.29 is 9.53 Å². The first-order valence-electron chi connectivity index (χ1n) is 8.44. The molecule has 3 aromatic rings. The molecule has 0 unspecified atom stereocenters. The van der Waals surface area contributed by atoms with Crippen molar-refractivity contribution in [3.63, 3.8) is 0 Å². The van der Waals surface area contributed by atoms with E-state index in [-0.39, 0.29) is 5.97 Å². The van der Waals surface area contributed by atoms with Gasteiger partial charge in [0.2, 0.25) is 0 Å². The first kappa shape index (κ1) is 17.8. The Kier molecular flexibility index (Phi) is 6.06. The number of aromatic nitrogens is 2. The Morgan fingerprint density at radius 2 is 1.42 bits per heavy atom. The molecule has 0 aliphatic heterocycles. The van der Waals surface area contributed by atoms with Gasteiger partial charge in [0.1, 0.15) is 0 Å². The maximum Gasteiger partial charge on any atom is 0.337 e. The van der Waals surface area contributed by atoms with Gasteiger partial charge in [-0.3, -0.25) is 14.9 Å². The number of pyridine rings is 2. The highest BCUT2D eigenvalue weighted by molar-refractivity contribution is 5.89. The maximum absolute atomic E-state index is 11.6. The van der Waals surface area contributed by atoms with E-state index in [1.807, 2.05) is 48.5 Å². The van der Waals surface area contributed by atoms with Gasteiger partial charge in [0.05, 0.1) is 24.1 Å². The second-order valence-corrected chi connectivity index (χ2v) is 5.98. The van der Waals surface area contributed by atoms with E-state index in [0.717, 1.165) is 36.6 Å². The molecule has 0 atom stereocenters. The van der Waals surface area contributed by atoms with E-state index in [1.54, 1.807) is 24.5 Å². The van der Waals surface area contributed by atoms with Crippen molar-refractivity contribution >= 4 is 5.97 Å². The lowest BCUT2D eigenvalue weighted by Gasteiger charge is -2.22. The Labute approximate surface area is 153 Å². The second kappa shape index (κ2) is 8.87.